The van der Waals surface area contributed by atoms with Crippen LogP contribution in [0.25, 0.3) is 0 Å². The van der Waals surface area contributed by atoms with Crippen LogP contribution in [-0.4, -0.2) is 24.3 Å². The van der Waals surface area contributed by atoms with Gasteiger partial charge in [0, 0.05) is 13.5 Å². The van der Waals surface area contributed by atoms with Crippen molar-refractivity contribution in [2.24, 2.45) is 4.99 Å². The van der Waals surface area contributed by atoms with Crippen molar-refractivity contribution in [1.82, 2.24) is 0 Å². The standard InChI is InChI=1S/C7H13NO2/c1-8-6-4-2-3-5-7(9)10/h6H,2-5H2,1H3,(H,9,10). The van der Waals surface area contributed by atoms with Crippen LogP contribution in [-0.2, 0) is 4.79 Å². The summed E-state index contributed by atoms with van der Waals surface area (Å²) in [6, 6.07) is 0. The Morgan fingerprint density at radius 2 is 2.30 bits per heavy atom. The van der Waals surface area contributed by atoms with Crippen LogP contribution in [0.4, 0.5) is 0 Å². The summed E-state index contributed by atoms with van der Waals surface area (Å²) in [5, 5.41) is 8.24. The van der Waals surface area contributed by atoms with Crippen molar-refractivity contribution in [3.8, 4) is 0 Å². The quantitative estimate of drug-likeness (QED) is 0.466. The lowest BCUT2D eigenvalue weighted by Crippen LogP contribution is -1.93. The highest BCUT2D eigenvalue weighted by molar-refractivity contribution is 5.66. The van der Waals surface area contributed by atoms with Gasteiger partial charge in [-0.15, -0.1) is 0 Å². The van der Waals surface area contributed by atoms with Gasteiger partial charge in [0.25, 0.3) is 0 Å². The van der Waals surface area contributed by atoms with Crippen molar-refractivity contribution in [2.45, 2.75) is 25.7 Å². The topological polar surface area (TPSA) is 49.7 Å². The van der Waals surface area contributed by atoms with Gasteiger partial charge >= 0.3 is 5.97 Å². The Kier molecular flexibility index (Phi) is 5.72. The number of hydrogen-bond acceptors (Lipinski definition) is 2. The maximum atomic E-state index is 10.00. The second kappa shape index (κ2) is 6.26. The van der Waals surface area contributed by atoms with E-state index in [1.165, 1.54) is 0 Å². The van der Waals surface area contributed by atoms with Gasteiger partial charge in [-0.25, -0.2) is 0 Å². The molecule has 0 saturated carbocycles. The Hall–Kier alpha value is -0.860. The molecule has 0 aliphatic rings. The molecule has 0 heterocycles. The molecule has 1 N–H and O–H groups in total. The van der Waals surface area contributed by atoms with Gasteiger partial charge in [-0.1, -0.05) is 0 Å². The minimum atomic E-state index is -0.714. The Labute approximate surface area is 60.8 Å². The van der Waals surface area contributed by atoms with Crippen molar-refractivity contribution in [3.05, 3.63) is 0 Å². The van der Waals surface area contributed by atoms with Crippen molar-refractivity contribution in [2.75, 3.05) is 7.05 Å². The molecule has 0 saturated heterocycles. The predicted octanol–water partition coefficient (Wildman–Crippen LogP) is 1.33. The summed E-state index contributed by atoms with van der Waals surface area (Å²) >= 11 is 0. The average molecular weight is 143 g/mol. The Morgan fingerprint density at radius 3 is 2.80 bits per heavy atom. The maximum absolute atomic E-state index is 10.00. The van der Waals surface area contributed by atoms with E-state index in [2.05, 4.69) is 4.99 Å². The highest BCUT2D eigenvalue weighted by Gasteiger charge is 1.93. The Morgan fingerprint density at radius 1 is 1.60 bits per heavy atom. The van der Waals surface area contributed by atoms with Gasteiger partial charge in [0.2, 0.25) is 0 Å². The summed E-state index contributed by atoms with van der Waals surface area (Å²) in [5.74, 6) is -0.714. The van der Waals surface area contributed by atoms with Gasteiger partial charge in [-0.3, -0.25) is 4.79 Å². The molecule has 0 aliphatic carbocycles. The van der Waals surface area contributed by atoms with Gasteiger partial charge < -0.3 is 10.1 Å². The number of carboxylic acids is 1. The molecule has 0 atom stereocenters. The largest absolute Gasteiger partial charge is 0.481 e. The highest BCUT2D eigenvalue weighted by Crippen LogP contribution is 1.97. The molecular weight excluding hydrogens is 130 g/mol. The highest BCUT2D eigenvalue weighted by atomic mass is 16.4. The fraction of sp³-hybridized carbons (Fsp3) is 0.714. The summed E-state index contributed by atoms with van der Waals surface area (Å²) in [6.07, 6.45) is 4.65. The minimum Gasteiger partial charge on any atom is -0.481 e. The summed E-state index contributed by atoms with van der Waals surface area (Å²) in [6.45, 7) is 0. The van der Waals surface area contributed by atoms with Crippen LogP contribution in [0.1, 0.15) is 25.7 Å². The number of hydrogen-bond donors (Lipinski definition) is 1. The second-order valence-corrected chi connectivity index (χ2v) is 2.08. The number of aliphatic imine (C=N–C) groups is 1. The summed E-state index contributed by atoms with van der Waals surface area (Å²) < 4.78 is 0. The van der Waals surface area contributed by atoms with Crippen LogP contribution < -0.4 is 0 Å². The SMILES string of the molecule is CN=CCCCCC(=O)O. The Balaban J connectivity index is 2.98. The van der Waals surface area contributed by atoms with E-state index in [4.69, 9.17) is 5.11 Å². The van der Waals surface area contributed by atoms with E-state index in [1.54, 1.807) is 7.05 Å². The van der Waals surface area contributed by atoms with Gasteiger partial charge in [-0.2, -0.15) is 0 Å². The van der Waals surface area contributed by atoms with Crippen molar-refractivity contribution >= 4 is 12.2 Å². The fourth-order valence-electron chi connectivity index (χ4n) is 0.641. The maximum Gasteiger partial charge on any atom is 0.303 e. The molecule has 0 amide bonds. The molecule has 0 rings (SSSR count). The predicted molar refractivity (Wildman–Crippen MR) is 40.5 cm³/mol. The monoisotopic (exact) mass is 143 g/mol. The van der Waals surface area contributed by atoms with Crippen LogP contribution in [0.5, 0.6) is 0 Å². The smallest absolute Gasteiger partial charge is 0.303 e. The number of rotatable bonds is 5. The zero-order chi connectivity index (χ0) is 7.82. The molecule has 0 radical (unpaired) electrons. The van der Waals surface area contributed by atoms with E-state index in [1.807, 2.05) is 6.21 Å². The lowest BCUT2D eigenvalue weighted by atomic mass is 10.2. The molecule has 0 fully saturated rings. The molecule has 0 spiro atoms. The van der Waals surface area contributed by atoms with E-state index in [0.29, 0.717) is 0 Å². The number of unbranched alkanes of at least 4 members (excludes halogenated alkanes) is 2. The van der Waals surface area contributed by atoms with E-state index in [9.17, 15) is 4.79 Å². The average Bonchev–Trinajstić information content (AvgIpc) is 1.87. The van der Waals surface area contributed by atoms with E-state index in [0.717, 1.165) is 19.3 Å². The molecule has 10 heavy (non-hydrogen) atoms. The Bertz CT molecular complexity index is 121. The van der Waals surface area contributed by atoms with E-state index < -0.39 is 5.97 Å². The molecule has 0 unspecified atom stereocenters. The second-order valence-electron chi connectivity index (χ2n) is 2.08. The lowest BCUT2D eigenvalue weighted by molar-refractivity contribution is -0.137. The number of nitrogens with zero attached hydrogens (tertiary/aromatic N) is 1. The number of carbonyl (C=O) groups is 1. The molecule has 0 aromatic rings. The molecule has 0 bridgehead atoms. The first-order valence-electron chi connectivity index (χ1n) is 3.39. The normalized spacial score (nSPS) is 10.5. The molecule has 3 heteroatoms. The minimum absolute atomic E-state index is 0.275. The molecular formula is C7H13NO2. The van der Waals surface area contributed by atoms with Gasteiger partial charge in [0.1, 0.15) is 0 Å². The van der Waals surface area contributed by atoms with Crippen molar-refractivity contribution in [1.29, 1.82) is 0 Å². The third-order valence-electron chi connectivity index (χ3n) is 1.16. The summed E-state index contributed by atoms with van der Waals surface area (Å²) in [4.78, 5) is 13.8. The van der Waals surface area contributed by atoms with E-state index in [-0.39, 0.29) is 6.42 Å². The van der Waals surface area contributed by atoms with Gasteiger partial charge in [-0.05, 0) is 25.5 Å². The summed E-state index contributed by atoms with van der Waals surface area (Å²) in [5.41, 5.74) is 0. The van der Waals surface area contributed by atoms with E-state index >= 15 is 0 Å². The van der Waals surface area contributed by atoms with Crippen molar-refractivity contribution < 1.29 is 9.90 Å². The van der Waals surface area contributed by atoms with Crippen LogP contribution in [0, 0.1) is 0 Å². The first-order chi connectivity index (χ1) is 4.77. The molecule has 58 valence electrons. The molecule has 0 aromatic carbocycles. The zero-order valence-electron chi connectivity index (χ0n) is 6.21. The third kappa shape index (κ3) is 7.14. The number of carboxylic acid groups (broad SMARTS) is 1. The molecule has 0 aliphatic heterocycles. The van der Waals surface area contributed by atoms with Crippen LogP contribution in [0.3, 0.4) is 0 Å². The van der Waals surface area contributed by atoms with Crippen LogP contribution in [0.15, 0.2) is 4.99 Å². The first-order valence-corrected chi connectivity index (χ1v) is 3.39. The molecule has 0 aromatic heterocycles. The third-order valence-corrected chi connectivity index (χ3v) is 1.16. The van der Waals surface area contributed by atoms with Crippen LogP contribution in [0.2, 0.25) is 0 Å². The van der Waals surface area contributed by atoms with Gasteiger partial charge in [0.15, 0.2) is 0 Å². The van der Waals surface area contributed by atoms with Gasteiger partial charge in [0.05, 0.1) is 0 Å². The zero-order valence-corrected chi connectivity index (χ0v) is 6.21. The lowest BCUT2D eigenvalue weighted by Gasteiger charge is -1.91. The van der Waals surface area contributed by atoms with Crippen molar-refractivity contribution in [3.63, 3.8) is 0 Å². The number of aliphatic carboxylic acids is 1. The molecule has 3 nitrogen and oxygen atoms in total. The first kappa shape index (κ1) is 9.14. The summed E-state index contributed by atoms with van der Waals surface area (Å²) in [7, 11) is 1.72. The fourth-order valence-corrected chi connectivity index (χ4v) is 0.641. The van der Waals surface area contributed by atoms with Crippen LogP contribution >= 0.6 is 0 Å².